The molecule has 0 bridgehead atoms. The van der Waals surface area contributed by atoms with Crippen LogP contribution in [0.1, 0.15) is 27.8 Å². The number of halogens is 2. The minimum absolute atomic E-state index is 0.0984. The second kappa shape index (κ2) is 6.09. The molecule has 0 aliphatic heterocycles. The third kappa shape index (κ3) is 3.30. The van der Waals surface area contributed by atoms with E-state index in [2.05, 4.69) is 21.2 Å². The zero-order valence-electron chi connectivity index (χ0n) is 11.1. The number of hydrogen-bond acceptors (Lipinski definition) is 2. The first-order chi connectivity index (χ1) is 9.92. The van der Waals surface area contributed by atoms with E-state index < -0.39 is 17.7 Å². The van der Waals surface area contributed by atoms with Gasteiger partial charge in [0.15, 0.2) is 0 Å². The number of nitrogens with one attached hydrogen (secondary N) is 1. The van der Waals surface area contributed by atoms with Crippen LogP contribution >= 0.6 is 15.9 Å². The molecule has 5 nitrogen and oxygen atoms in total. The monoisotopic (exact) mass is 354 g/mol. The van der Waals surface area contributed by atoms with Gasteiger partial charge in [0.05, 0.1) is 11.3 Å². The van der Waals surface area contributed by atoms with E-state index >= 15 is 0 Å². The van der Waals surface area contributed by atoms with Gasteiger partial charge in [0.1, 0.15) is 11.5 Å². The third-order valence-corrected chi connectivity index (χ3v) is 3.33. The van der Waals surface area contributed by atoms with E-state index in [0.29, 0.717) is 12.2 Å². The molecule has 0 atom stereocenters. The number of carboxylic acid groups (broad SMARTS) is 1. The van der Waals surface area contributed by atoms with E-state index in [1.807, 2.05) is 6.92 Å². The molecule has 0 saturated carbocycles. The average Bonchev–Trinajstić information content (AvgIpc) is 2.82. The quantitative estimate of drug-likeness (QED) is 0.884. The number of aryl methyl sites for hydroxylation is 1. The van der Waals surface area contributed by atoms with Crippen molar-refractivity contribution in [2.24, 2.45) is 0 Å². The molecule has 0 radical (unpaired) electrons. The minimum atomic E-state index is -1.19. The van der Waals surface area contributed by atoms with Crippen LogP contribution in [0.15, 0.2) is 34.9 Å². The van der Waals surface area contributed by atoms with Crippen molar-refractivity contribution in [3.05, 3.63) is 52.0 Å². The standard InChI is InChI=1S/C14H12BrFN2O3/c1-2-18-7-9(15)6-12(18)13(19)17-11-5-8(14(20)21)3-4-10(11)16/h3-7H,2H2,1H3,(H,17,19)(H,20,21). The Morgan fingerprint density at radius 1 is 1.38 bits per heavy atom. The van der Waals surface area contributed by atoms with Crippen LogP contribution < -0.4 is 5.32 Å². The summed E-state index contributed by atoms with van der Waals surface area (Å²) in [5.74, 6) is -2.39. The van der Waals surface area contributed by atoms with Gasteiger partial charge in [-0.3, -0.25) is 4.79 Å². The molecule has 110 valence electrons. The molecule has 0 fully saturated rings. The molecule has 2 N–H and O–H groups in total. The zero-order chi connectivity index (χ0) is 15.6. The minimum Gasteiger partial charge on any atom is -0.478 e. The molecule has 0 aliphatic carbocycles. The molecule has 7 heteroatoms. The van der Waals surface area contributed by atoms with Crippen LogP contribution in [0.4, 0.5) is 10.1 Å². The van der Waals surface area contributed by atoms with Gasteiger partial charge in [-0.15, -0.1) is 0 Å². The molecule has 1 amide bonds. The number of amides is 1. The van der Waals surface area contributed by atoms with Crippen LogP contribution in [0, 0.1) is 5.82 Å². The smallest absolute Gasteiger partial charge is 0.335 e. The lowest BCUT2D eigenvalue weighted by atomic mass is 10.2. The molecule has 0 saturated heterocycles. The summed E-state index contributed by atoms with van der Waals surface area (Å²) in [4.78, 5) is 23.1. The van der Waals surface area contributed by atoms with Crippen LogP contribution in [0.5, 0.6) is 0 Å². The van der Waals surface area contributed by atoms with Crippen LogP contribution in [0.3, 0.4) is 0 Å². The highest BCUT2D eigenvalue weighted by molar-refractivity contribution is 9.10. The third-order valence-electron chi connectivity index (χ3n) is 2.90. The van der Waals surface area contributed by atoms with Crippen molar-refractivity contribution in [3.63, 3.8) is 0 Å². The molecule has 1 heterocycles. The van der Waals surface area contributed by atoms with E-state index in [1.165, 1.54) is 0 Å². The van der Waals surface area contributed by atoms with Gasteiger partial charge < -0.3 is 15.0 Å². The molecular formula is C14H12BrFN2O3. The number of aromatic nitrogens is 1. The van der Waals surface area contributed by atoms with E-state index in [9.17, 15) is 14.0 Å². The Balaban J connectivity index is 2.31. The maximum absolute atomic E-state index is 13.7. The number of benzene rings is 1. The lowest BCUT2D eigenvalue weighted by Crippen LogP contribution is -2.17. The van der Waals surface area contributed by atoms with E-state index in [-0.39, 0.29) is 11.3 Å². The summed E-state index contributed by atoms with van der Waals surface area (Å²) in [6, 6.07) is 4.84. The van der Waals surface area contributed by atoms with Crippen LogP contribution in [-0.2, 0) is 6.54 Å². The van der Waals surface area contributed by atoms with Crippen LogP contribution in [0.2, 0.25) is 0 Å². The van der Waals surface area contributed by atoms with Gasteiger partial charge in [0.25, 0.3) is 5.91 Å². The molecule has 1 aromatic carbocycles. The Labute approximate surface area is 128 Å². The lowest BCUT2D eigenvalue weighted by molar-refractivity contribution is 0.0696. The molecule has 1 aromatic heterocycles. The predicted octanol–water partition coefficient (Wildman–Crippen LogP) is 3.36. The molecule has 2 rings (SSSR count). The maximum Gasteiger partial charge on any atom is 0.335 e. The summed E-state index contributed by atoms with van der Waals surface area (Å²) in [5, 5.41) is 11.3. The van der Waals surface area contributed by atoms with Crippen LogP contribution in [-0.4, -0.2) is 21.6 Å². The number of carbonyl (C=O) groups is 2. The van der Waals surface area contributed by atoms with Gasteiger partial charge in [0.2, 0.25) is 0 Å². The van der Waals surface area contributed by atoms with Gasteiger partial charge in [-0.1, -0.05) is 0 Å². The van der Waals surface area contributed by atoms with Gasteiger partial charge in [-0.25, -0.2) is 9.18 Å². The van der Waals surface area contributed by atoms with Crippen molar-refractivity contribution in [1.82, 2.24) is 4.57 Å². The Morgan fingerprint density at radius 3 is 2.71 bits per heavy atom. The zero-order valence-corrected chi connectivity index (χ0v) is 12.6. The first-order valence-corrected chi connectivity index (χ1v) is 6.91. The number of carboxylic acids is 1. The second-order valence-corrected chi connectivity index (χ2v) is 5.20. The lowest BCUT2D eigenvalue weighted by Gasteiger charge is -2.09. The molecule has 0 aliphatic rings. The second-order valence-electron chi connectivity index (χ2n) is 4.28. The van der Waals surface area contributed by atoms with E-state index in [0.717, 1.165) is 22.7 Å². The van der Waals surface area contributed by atoms with Crippen molar-refractivity contribution in [3.8, 4) is 0 Å². The highest BCUT2D eigenvalue weighted by Crippen LogP contribution is 2.20. The number of hydrogen-bond donors (Lipinski definition) is 2. The summed E-state index contributed by atoms with van der Waals surface area (Å²) in [6.45, 7) is 2.45. The summed E-state index contributed by atoms with van der Waals surface area (Å²) in [6.07, 6.45) is 1.74. The van der Waals surface area contributed by atoms with Crippen molar-refractivity contribution < 1.29 is 19.1 Å². The Bertz CT molecular complexity index is 712. The van der Waals surface area contributed by atoms with Gasteiger partial charge in [-0.2, -0.15) is 0 Å². The van der Waals surface area contributed by atoms with E-state index in [1.54, 1.807) is 16.8 Å². The van der Waals surface area contributed by atoms with Gasteiger partial charge in [-0.05, 0) is 47.1 Å². The fourth-order valence-corrected chi connectivity index (χ4v) is 2.33. The fourth-order valence-electron chi connectivity index (χ4n) is 1.87. The topological polar surface area (TPSA) is 71.3 Å². The average molecular weight is 355 g/mol. The molecule has 2 aromatic rings. The largest absolute Gasteiger partial charge is 0.478 e. The number of aromatic carboxylic acids is 1. The normalized spacial score (nSPS) is 10.4. The van der Waals surface area contributed by atoms with Crippen molar-refractivity contribution in [1.29, 1.82) is 0 Å². The molecule has 0 unspecified atom stereocenters. The first-order valence-electron chi connectivity index (χ1n) is 6.12. The molecule has 21 heavy (non-hydrogen) atoms. The number of carbonyl (C=O) groups excluding carboxylic acids is 1. The van der Waals surface area contributed by atoms with Crippen molar-refractivity contribution in [2.45, 2.75) is 13.5 Å². The summed E-state index contributed by atoms with van der Waals surface area (Å²) >= 11 is 3.27. The van der Waals surface area contributed by atoms with Crippen molar-refractivity contribution in [2.75, 3.05) is 5.32 Å². The van der Waals surface area contributed by atoms with Crippen LogP contribution in [0.25, 0.3) is 0 Å². The maximum atomic E-state index is 13.7. The highest BCUT2D eigenvalue weighted by atomic mass is 79.9. The Morgan fingerprint density at radius 2 is 2.10 bits per heavy atom. The number of nitrogens with zero attached hydrogens (tertiary/aromatic N) is 1. The summed E-state index contributed by atoms with van der Waals surface area (Å²) < 4.78 is 16.1. The summed E-state index contributed by atoms with van der Waals surface area (Å²) in [7, 11) is 0. The van der Waals surface area contributed by atoms with Crippen molar-refractivity contribution >= 4 is 33.5 Å². The summed E-state index contributed by atoms with van der Waals surface area (Å²) in [5.41, 5.74) is 0.0862. The molecular weight excluding hydrogens is 343 g/mol. The Kier molecular flexibility index (Phi) is 4.42. The fraction of sp³-hybridized carbons (Fsp3) is 0.143. The van der Waals surface area contributed by atoms with Gasteiger partial charge in [0, 0.05) is 17.2 Å². The van der Waals surface area contributed by atoms with E-state index in [4.69, 9.17) is 5.11 Å². The SMILES string of the molecule is CCn1cc(Br)cc1C(=O)Nc1cc(C(=O)O)ccc1F. The predicted molar refractivity (Wildman–Crippen MR) is 79.1 cm³/mol. The highest BCUT2D eigenvalue weighted by Gasteiger charge is 2.15. The molecule has 0 spiro atoms. The number of anilines is 1. The number of rotatable bonds is 4. The first kappa shape index (κ1) is 15.2. The Hall–Kier alpha value is -2.15. The van der Waals surface area contributed by atoms with Gasteiger partial charge >= 0.3 is 5.97 Å².